The Morgan fingerprint density at radius 1 is 1.45 bits per heavy atom. The zero-order valence-corrected chi connectivity index (χ0v) is 8.90. The molecule has 0 N–H and O–H groups in total. The summed E-state index contributed by atoms with van der Waals surface area (Å²) in [6, 6.07) is 4.23. The molecule has 4 heteroatoms. The highest BCUT2D eigenvalue weighted by atomic mass is 33.1. The second-order valence-corrected chi connectivity index (χ2v) is 6.32. The lowest BCUT2D eigenvalue weighted by Crippen LogP contribution is -1.73. The topological polar surface area (TPSA) is 0 Å². The molecule has 1 aliphatic heterocycles. The summed E-state index contributed by atoms with van der Waals surface area (Å²) in [5.74, 6) is 0. The van der Waals surface area contributed by atoms with Gasteiger partial charge in [-0.05, 0) is 17.5 Å². The SMILES string of the molecule is SC1C=C(c2cccs2)SS1. The van der Waals surface area contributed by atoms with Gasteiger partial charge in [-0.1, -0.05) is 27.7 Å². The lowest BCUT2D eigenvalue weighted by atomic mass is 10.4. The summed E-state index contributed by atoms with van der Waals surface area (Å²) in [5, 5.41) is 2.10. The molecule has 1 aliphatic rings. The van der Waals surface area contributed by atoms with Crippen molar-refractivity contribution in [2.75, 3.05) is 0 Å². The van der Waals surface area contributed by atoms with Crippen molar-refractivity contribution in [3.63, 3.8) is 0 Å². The van der Waals surface area contributed by atoms with E-state index in [0.29, 0.717) is 4.58 Å². The lowest BCUT2D eigenvalue weighted by Gasteiger charge is -1.91. The maximum atomic E-state index is 4.35. The summed E-state index contributed by atoms with van der Waals surface area (Å²) in [7, 11) is 3.62. The Morgan fingerprint density at radius 3 is 2.91 bits per heavy atom. The van der Waals surface area contributed by atoms with E-state index in [2.05, 4.69) is 36.2 Å². The maximum Gasteiger partial charge on any atom is 0.0774 e. The molecular formula is C7H6S4. The highest BCUT2D eigenvalue weighted by molar-refractivity contribution is 8.82. The van der Waals surface area contributed by atoms with Crippen LogP contribution >= 0.6 is 45.6 Å². The molecule has 58 valence electrons. The highest BCUT2D eigenvalue weighted by Gasteiger charge is 2.15. The van der Waals surface area contributed by atoms with Crippen molar-refractivity contribution in [3.05, 3.63) is 28.5 Å². The molecule has 0 nitrogen and oxygen atoms in total. The summed E-state index contributed by atoms with van der Waals surface area (Å²) in [5.41, 5.74) is 0. The van der Waals surface area contributed by atoms with Crippen LogP contribution in [0.15, 0.2) is 23.6 Å². The van der Waals surface area contributed by atoms with Gasteiger partial charge in [0.1, 0.15) is 0 Å². The van der Waals surface area contributed by atoms with Crippen molar-refractivity contribution < 1.29 is 0 Å². The molecule has 0 aromatic carbocycles. The first kappa shape index (κ1) is 8.10. The van der Waals surface area contributed by atoms with E-state index in [-0.39, 0.29) is 0 Å². The third kappa shape index (κ3) is 1.80. The van der Waals surface area contributed by atoms with Crippen molar-refractivity contribution in [1.29, 1.82) is 0 Å². The summed E-state index contributed by atoms with van der Waals surface area (Å²) in [6.45, 7) is 0. The molecule has 1 aromatic heterocycles. The summed E-state index contributed by atoms with van der Waals surface area (Å²) < 4.78 is 0.372. The molecule has 2 rings (SSSR count). The Labute approximate surface area is 83.3 Å². The zero-order chi connectivity index (χ0) is 7.68. The van der Waals surface area contributed by atoms with Crippen LogP contribution in [0.1, 0.15) is 4.88 Å². The Bertz CT molecular complexity index is 262. The minimum Gasteiger partial charge on any atom is -0.160 e. The van der Waals surface area contributed by atoms with E-state index in [9.17, 15) is 0 Å². The van der Waals surface area contributed by atoms with Crippen LogP contribution in [0.2, 0.25) is 0 Å². The highest BCUT2D eigenvalue weighted by Crippen LogP contribution is 2.49. The molecule has 1 atom stereocenters. The minimum atomic E-state index is 0.372. The van der Waals surface area contributed by atoms with Crippen LogP contribution in [-0.2, 0) is 0 Å². The molecule has 0 fully saturated rings. The van der Waals surface area contributed by atoms with Crippen LogP contribution < -0.4 is 0 Å². The molecule has 2 heterocycles. The molecule has 1 aromatic rings. The Hall–Kier alpha value is 0.490. The van der Waals surface area contributed by atoms with Crippen molar-refractivity contribution in [1.82, 2.24) is 0 Å². The Morgan fingerprint density at radius 2 is 2.36 bits per heavy atom. The predicted octanol–water partition coefficient (Wildman–Crippen LogP) is 3.74. The van der Waals surface area contributed by atoms with E-state index < -0.39 is 0 Å². The molecule has 0 radical (unpaired) electrons. The lowest BCUT2D eigenvalue weighted by molar-refractivity contribution is 1.72. The van der Waals surface area contributed by atoms with Gasteiger partial charge in [0.05, 0.1) is 4.58 Å². The van der Waals surface area contributed by atoms with Gasteiger partial charge in [0.15, 0.2) is 0 Å². The number of hydrogen-bond acceptors (Lipinski definition) is 4. The molecule has 0 saturated heterocycles. The average Bonchev–Trinajstić information content (AvgIpc) is 2.55. The smallest absolute Gasteiger partial charge is 0.0774 e. The molecule has 0 saturated carbocycles. The number of hydrogen-bond donors (Lipinski definition) is 1. The standard InChI is InChI=1S/C7H6S4/c8-7-4-6(10-11-7)5-2-1-3-9-5/h1-4,7-8H. The van der Waals surface area contributed by atoms with E-state index in [1.54, 1.807) is 22.1 Å². The van der Waals surface area contributed by atoms with Gasteiger partial charge in [-0.15, -0.1) is 11.3 Å². The van der Waals surface area contributed by atoms with Crippen LogP contribution in [-0.4, -0.2) is 4.58 Å². The monoisotopic (exact) mass is 218 g/mol. The van der Waals surface area contributed by atoms with E-state index in [0.717, 1.165) is 0 Å². The molecule has 0 bridgehead atoms. The van der Waals surface area contributed by atoms with Crippen LogP contribution in [0, 0.1) is 0 Å². The number of rotatable bonds is 1. The molecule has 1 unspecified atom stereocenters. The summed E-state index contributed by atoms with van der Waals surface area (Å²) in [6.07, 6.45) is 2.20. The molecule has 0 amide bonds. The molecular weight excluding hydrogens is 212 g/mol. The van der Waals surface area contributed by atoms with Crippen molar-refractivity contribution in [2.45, 2.75) is 4.58 Å². The van der Waals surface area contributed by atoms with Crippen molar-refractivity contribution in [2.24, 2.45) is 0 Å². The third-order valence-electron chi connectivity index (χ3n) is 1.29. The fourth-order valence-electron chi connectivity index (χ4n) is 0.828. The number of thiophene rings is 1. The quantitative estimate of drug-likeness (QED) is 0.563. The van der Waals surface area contributed by atoms with Crippen LogP contribution in [0.25, 0.3) is 4.91 Å². The largest absolute Gasteiger partial charge is 0.160 e. The fraction of sp³-hybridized carbons (Fsp3) is 0.143. The van der Waals surface area contributed by atoms with Gasteiger partial charge in [0, 0.05) is 9.78 Å². The van der Waals surface area contributed by atoms with Gasteiger partial charge in [-0.3, -0.25) is 0 Å². The van der Waals surface area contributed by atoms with Gasteiger partial charge < -0.3 is 0 Å². The fourth-order valence-corrected chi connectivity index (χ4v) is 4.57. The van der Waals surface area contributed by atoms with Crippen LogP contribution in [0.4, 0.5) is 0 Å². The first-order valence-corrected chi connectivity index (χ1v) is 6.74. The minimum absolute atomic E-state index is 0.372. The van der Waals surface area contributed by atoms with E-state index >= 15 is 0 Å². The normalized spacial score (nSPS) is 23.7. The maximum absolute atomic E-state index is 4.35. The van der Waals surface area contributed by atoms with Gasteiger partial charge in [-0.25, -0.2) is 0 Å². The third-order valence-corrected chi connectivity index (χ3v) is 5.63. The molecule has 0 spiro atoms. The average molecular weight is 218 g/mol. The summed E-state index contributed by atoms with van der Waals surface area (Å²) >= 11 is 6.14. The van der Waals surface area contributed by atoms with E-state index in [1.165, 1.54) is 9.78 Å². The van der Waals surface area contributed by atoms with E-state index in [1.807, 2.05) is 10.8 Å². The second kappa shape index (κ2) is 3.47. The first-order valence-electron chi connectivity index (χ1n) is 3.13. The Balaban J connectivity index is 2.25. The van der Waals surface area contributed by atoms with Gasteiger partial charge in [0.2, 0.25) is 0 Å². The van der Waals surface area contributed by atoms with Crippen LogP contribution in [0.5, 0.6) is 0 Å². The van der Waals surface area contributed by atoms with Gasteiger partial charge in [0.25, 0.3) is 0 Å². The first-order chi connectivity index (χ1) is 5.36. The van der Waals surface area contributed by atoms with Crippen molar-refractivity contribution >= 4 is 50.5 Å². The van der Waals surface area contributed by atoms with Crippen LogP contribution in [0.3, 0.4) is 0 Å². The van der Waals surface area contributed by atoms with Gasteiger partial charge in [-0.2, -0.15) is 12.6 Å². The molecule has 11 heavy (non-hydrogen) atoms. The van der Waals surface area contributed by atoms with E-state index in [4.69, 9.17) is 0 Å². The summed E-state index contributed by atoms with van der Waals surface area (Å²) in [4.78, 5) is 2.73. The van der Waals surface area contributed by atoms with Crippen molar-refractivity contribution in [3.8, 4) is 0 Å². The molecule has 0 aliphatic carbocycles. The zero-order valence-electron chi connectivity index (χ0n) is 5.56. The Kier molecular flexibility index (Phi) is 2.56. The number of thiol groups is 1. The predicted molar refractivity (Wildman–Crippen MR) is 60.3 cm³/mol. The second-order valence-electron chi connectivity index (χ2n) is 2.08. The van der Waals surface area contributed by atoms with Gasteiger partial charge >= 0.3 is 0 Å².